The molecule has 84 valence electrons. The first-order valence-electron chi connectivity index (χ1n) is 4.62. The van der Waals surface area contributed by atoms with Crippen LogP contribution in [0, 0.1) is 0 Å². The summed E-state index contributed by atoms with van der Waals surface area (Å²) in [6.07, 6.45) is 0. The molecule has 0 heterocycles. The van der Waals surface area contributed by atoms with Gasteiger partial charge in [-0.1, -0.05) is 23.7 Å². The SMILES string of the molecule is CNC(C)CS(=O)(=O)c1ccccc1Cl. The lowest BCUT2D eigenvalue weighted by Crippen LogP contribution is -2.30. The van der Waals surface area contributed by atoms with Gasteiger partial charge in [-0.25, -0.2) is 8.42 Å². The smallest absolute Gasteiger partial charge is 0.181 e. The van der Waals surface area contributed by atoms with E-state index < -0.39 is 9.84 Å². The normalized spacial score (nSPS) is 13.8. The second-order valence-corrected chi connectivity index (χ2v) is 5.81. The Morgan fingerprint density at radius 3 is 2.53 bits per heavy atom. The van der Waals surface area contributed by atoms with Crippen LogP contribution in [0.1, 0.15) is 6.92 Å². The summed E-state index contributed by atoms with van der Waals surface area (Å²) in [4.78, 5) is 0.203. The molecule has 1 N–H and O–H groups in total. The fourth-order valence-corrected chi connectivity index (χ4v) is 3.34. The second kappa shape index (κ2) is 4.96. The van der Waals surface area contributed by atoms with Crippen LogP contribution in [-0.2, 0) is 9.84 Å². The summed E-state index contributed by atoms with van der Waals surface area (Å²) in [5, 5.41) is 3.17. The van der Waals surface area contributed by atoms with Gasteiger partial charge >= 0.3 is 0 Å². The molecule has 1 atom stereocenters. The highest BCUT2D eigenvalue weighted by molar-refractivity contribution is 7.91. The van der Waals surface area contributed by atoms with Crippen LogP contribution in [0.2, 0.25) is 5.02 Å². The molecule has 3 nitrogen and oxygen atoms in total. The zero-order valence-corrected chi connectivity index (χ0v) is 10.3. The second-order valence-electron chi connectivity index (χ2n) is 3.40. The minimum absolute atomic E-state index is 0.0488. The van der Waals surface area contributed by atoms with Crippen LogP contribution < -0.4 is 5.32 Å². The number of hydrogen-bond donors (Lipinski definition) is 1. The van der Waals surface area contributed by atoms with Crippen molar-refractivity contribution in [2.45, 2.75) is 17.9 Å². The van der Waals surface area contributed by atoms with Crippen LogP contribution in [0.15, 0.2) is 29.2 Å². The first kappa shape index (κ1) is 12.5. The van der Waals surface area contributed by atoms with E-state index in [0.29, 0.717) is 0 Å². The quantitative estimate of drug-likeness (QED) is 0.881. The summed E-state index contributed by atoms with van der Waals surface area (Å²) < 4.78 is 23.8. The summed E-state index contributed by atoms with van der Waals surface area (Å²) in [5.41, 5.74) is 0. The molecule has 15 heavy (non-hydrogen) atoms. The van der Waals surface area contributed by atoms with Gasteiger partial charge in [-0.15, -0.1) is 0 Å². The van der Waals surface area contributed by atoms with Gasteiger partial charge in [-0.05, 0) is 26.1 Å². The molecular weight excluding hydrogens is 234 g/mol. The third kappa shape index (κ3) is 3.19. The summed E-state index contributed by atoms with van der Waals surface area (Å²) in [6.45, 7) is 1.81. The standard InChI is InChI=1S/C10H14ClNO2S/c1-8(12-2)7-15(13,14)10-6-4-3-5-9(10)11/h3-6,8,12H,7H2,1-2H3. The Kier molecular flexibility index (Phi) is 4.13. The molecule has 0 saturated carbocycles. The van der Waals surface area contributed by atoms with Crippen molar-refractivity contribution < 1.29 is 8.42 Å². The van der Waals surface area contributed by atoms with Crippen molar-refractivity contribution in [3.8, 4) is 0 Å². The third-order valence-corrected chi connectivity index (χ3v) is 4.54. The molecule has 0 radical (unpaired) electrons. The average molecular weight is 248 g/mol. The maximum Gasteiger partial charge on any atom is 0.181 e. The van der Waals surface area contributed by atoms with Gasteiger partial charge in [0, 0.05) is 6.04 Å². The van der Waals surface area contributed by atoms with Gasteiger partial charge in [0.05, 0.1) is 15.7 Å². The lowest BCUT2D eigenvalue weighted by Gasteiger charge is -2.11. The number of benzene rings is 1. The Bertz CT molecular complexity index is 431. The van der Waals surface area contributed by atoms with E-state index in [4.69, 9.17) is 11.6 Å². The van der Waals surface area contributed by atoms with Crippen molar-refractivity contribution in [2.75, 3.05) is 12.8 Å². The van der Waals surface area contributed by atoms with Gasteiger partial charge in [-0.3, -0.25) is 0 Å². The average Bonchev–Trinajstić information content (AvgIpc) is 2.17. The molecule has 5 heteroatoms. The predicted octanol–water partition coefficient (Wildman–Crippen LogP) is 1.72. The Morgan fingerprint density at radius 1 is 1.40 bits per heavy atom. The van der Waals surface area contributed by atoms with E-state index in [0.717, 1.165) is 0 Å². The molecule has 1 aromatic carbocycles. The first-order chi connectivity index (χ1) is 6.97. The summed E-state index contributed by atoms with van der Waals surface area (Å²) in [6, 6.07) is 6.40. The van der Waals surface area contributed by atoms with Crippen LogP contribution in [0.3, 0.4) is 0 Å². The zero-order chi connectivity index (χ0) is 11.5. The third-order valence-electron chi connectivity index (χ3n) is 2.13. The highest BCUT2D eigenvalue weighted by Crippen LogP contribution is 2.21. The monoisotopic (exact) mass is 247 g/mol. The van der Waals surface area contributed by atoms with Crippen LogP contribution in [0.5, 0.6) is 0 Å². The maximum atomic E-state index is 11.9. The molecule has 0 spiro atoms. The van der Waals surface area contributed by atoms with Crippen molar-refractivity contribution in [1.29, 1.82) is 0 Å². The molecule has 0 aromatic heterocycles. The molecule has 0 saturated heterocycles. The minimum Gasteiger partial charge on any atom is -0.316 e. The molecule has 0 fully saturated rings. The molecule has 1 aromatic rings. The molecule has 0 bridgehead atoms. The highest BCUT2D eigenvalue weighted by atomic mass is 35.5. The first-order valence-corrected chi connectivity index (χ1v) is 6.65. The van der Waals surface area contributed by atoms with E-state index in [2.05, 4.69) is 5.32 Å². The van der Waals surface area contributed by atoms with Crippen molar-refractivity contribution in [3.05, 3.63) is 29.3 Å². The van der Waals surface area contributed by atoms with Crippen LogP contribution in [0.25, 0.3) is 0 Å². The van der Waals surface area contributed by atoms with Gasteiger partial charge in [0.1, 0.15) is 0 Å². The van der Waals surface area contributed by atoms with Crippen molar-refractivity contribution in [1.82, 2.24) is 5.32 Å². The van der Waals surface area contributed by atoms with E-state index in [9.17, 15) is 8.42 Å². The van der Waals surface area contributed by atoms with E-state index >= 15 is 0 Å². The minimum atomic E-state index is -3.30. The number of nitrogens with one attached hydrogen (secondary N) is 1. The number of hydrogen-bond acceptors (Lipinski definition) is 3. The molecule has 0 aliphatic heterocycles. The molecule has 1 rings (SSSR count). The summed E-state index contributed by atoms with van der Waals surface area (Å²) in [5.74, 6) is 0.0488. The van der Waals surface area contributed by atoms with Crippen molar-refractivity contribution in [2.24, 2.45) is 0 Å². The molecule has 1 unspecified atom stereocenters. The number of rotatable bonds is 4. The predicted molar refractivity (Wildman–Crippen MR) is 62.0 cm³/mol. The maximum absolute atomic E-state index is 11.9. The Hall–Kier alpha value is -0.580. The number of halogens is 1. The van der Waals surface area contributed by atoms with Gasteiger partial charge in [0.2, 0.25) is 0 Å². The molecular formula is C10H14ClNO2S. The largest absolute Gasteiger partial charge is 0.316 e. The van der Waals surface area contributed by atoms with Gasteiger partial charge < -0.3 is 5.32 Å². The van der Waals surface area contributed by atoms with Gasteiger partial charge in [0.15, 0.2) is 9.84 Å². The van der Waals surface area contributed by atoms with Gasteiger partial charge in [0.25, 0.3) is 0 Å². The van der Waals surface area contributed by atoms with E-state index in [1.54, 1.807) is 25.2 Å². The van der Waals surface area contributed by atoms with Crippen molar-refractivity contribution >= 4 is 21.4 Å². The van der Waals surface area contributed by atoms with E-state index in [1.807, 2.05) is 6.92 Å². The highest BCUT2D eigenvalue weighted by Gasteiger charge is 2.19. The Labute approximate surface area is 95.4 Å². The molecule has 0 amide bonds. The lowest BCUT2D eigenvalue weighted by atomic mass is 10.4. The van der Waals surface area contributed by atoms with Gasteiger partial charge in [-0.2, -0.15) is 0 Å². The van der Waals surface area contributed by atoms with E-state index in [-0.39, 0.29) is 21.7 Å². The van der Waals surface area contributed by atoms with Crippen LogP contribution >= 0.6 is 11.6 Å². The van der Waals surface area contributed by atoms with Crippen molar-refractivity contribution in [3.63, 3.8) is 0 Å². The van der Waals surface area contributed by atoms with Crippen LogP contribution in [0.4, 0.5) is 0 Å². The number of sulfone groups is 1. The molecule has 0 aliphatic carbocycles. The Balaban J connectivity index is 3.02. The van der Waals surface area contributed by atoms with E-state index in [1.165, 1.54) is 6.07 Å². The fraction of sp³-hybridized carbons (Fsp3) is 0.400. The summed E-state index contributed by atoms with van der Waals surface area (Å²) >= 11 is 5.84. The summed E-state index contributed by atoms with van der Waals surface area (Å²) in [7, 11) is -1.57. The van der Waals surface area contributed by atoms with Crippen LogP contribution in [-0.4, -0.2) is 27.3 Å². The topological polar surface area (TPSA) is 46.2 Å². The molecule has 0 aliphatic rings. The fourth-order valence-electron chi connectivity index (χ4n) is 1.20. The zero-order valence-electron chi connectivity index (χ0n) is 8.70. The lowest BCUT2D eigenvalue weighted by molar-refractivity contribution is 0.578. The Morgan fingerprint density at radius 2 is 2.00 bits per heavy atom.